The molecule has 0 radical (unpaired) electrons. The maximum atomic E-state index is 12.6. The summed E-state index contributed by atoms with van der Waals surface area (Å²) in [5.41, 5.74) is 5.32. The van der Waals surface area contributed by atoms with E-state index in [0.29, 0.717) is 12.8 Å². The Kier molecular flexibility index (Phi) is 35.6. The van der Waals surface area contributed by atoms with Gasteiger partial charge < -0.3 is 25.2 Å². The molecule has 0 bridgehead atoms. The minimum atomic E-state index is -4.72. The molecule has 3 atom stereocenters. The Morgan fingerprint density at radius 1 is 0.593 bits per heavy atom. The van der Waals surface area contributed by atoms with Crippen LogP contribution in [-0.4, -0.2) is 59.9 Å². The molecule has 0 aromatic carbocycles. The van der Waals surface area contributed by atoms with Crippen molar-refractivity contribution in [3.05, 3.63) is 48.6 Å². The standard InChI is InChI=1S/C42H74NO10P/c1-3-5-7-9-11-13-15-17-19-21-23-25-27-29-31-33-40(44)50-35-38(36-51-54(48,49)52-37-39(43)42(46)47)53-41(45)34-32-30-28-26-24-22-20-18-16-14-12-10-8-6-4-2/h6,8,12,14,18,20,24,26,38-39H,3-5,7,9-11,13,15-17,19,21-23,25,27-37,43H2,1-2H3,(H,46,47)(H,48,49)/b8-6-,14-12-,20-18-,26-24-. The normalized spacial score (nSPS) is 14.3. The number of carboxylic acid groups (broad SMARTS) is 1. The number of hydrogen-bond acceptors (Lipinski definition) is 9. The monoisotopic (exact) mass is 784 g/mol. The number of nitrogens with two attached hydrogens (primary N) is 1. The van der Waals surface area contributed by atoms with Gasteiger partial charge in [-0.1, -0.05) is 152 Å². The Bertz CT molecular complexity index is 1110. The lowest BCUT2D eigenvalue weighted by atomic mass is 10.0. The number of ether oxygens (including phenoxy) is 2. The largest absolute Gasteiger partial charge is 0.480 e. The molecule has 12 heteroatoms. The van der Waals surface area contributed by atoms with Crippen LogP contribution in [0.2, 0.25) is 0 Å². The summed E-state index contributed by atoms with van der Waals surface area (Å²) in [7, 11) is -4.72. The summed E-state index contributed by atoms with van der Waals surface area (Å²) in [6.45, 7) is 2.64. The van der Waals surface area contributed by atoms with Gasteiger partial charge in [0.1, 0.15) is 12.6 Å². The molecule has 11 nitrogen and oxygen atoms in total. The Morgan fingerprint density at radius 2 is 1.04 bits per heavy atom. The van der Waals surface area contributed by atoms with E-state index in [1.807, 2.05) is 0 Å². The maximum absolute atomic E-state index is 12.6. The van der Waals surface area contributed by atoms with Crippen LogP contribution < -0.4 is 5.73 Å². The molecule has 0 aromatic rings. The number of esters is 2. The van der Waals surface area contributed by atoms with Gasteiger partial charge in [0.05, 0.1) is 13.2 Å². The molecule has 312 valence electrons. The van der Waals surface area contributed by atoms with Gasteiger partial charge in [0.2, 0.25) is 0 Å². The van der Waals surface area contributed by atoms with E-state index >= 15 is 0 Å². The minimum absolute atomic E-state index is 0.109. The van der Waals surface area contributed by atoms with Crippen molar-refractivity contribution in [2.24, 2.45) is 5.73 Å². The summed E-state index contributed by atoms with van der Waals surface area (Å²) < 4.78 is 32.6. The van der Waals surface area contributed by atoms with Gasteiger partial charge in [-0.05, 0) is 51.4 Å². The molecule has 0 spiro atoms. The number of carboxylic acids is 1. The summed E-state index contributed by atoms with van der Waals surface area (Å²) in [6, 6.07) is -1.53. The molecule has 0 aromatic heterocycles. The molecule has 4 N–H and O–H groups in total. The Balaban J connectivity index is 4.46. The fraction of sp³-hybridized carbons (Fsp3) is 0.738. The van der Waals surface area contributed by atoms with Gasteiger partial charge in [-0.2, -0.15) is 0 Å². The summed E-state index contributed by atoms with van der Waals surface area (Å²) in [5.74, 6) is -2.43. The van der Waals surface area contributed by atoms with E-state index in [9.17, 15) is 23.8 Å². The third kappa shape index (κ3) is 36.4. The van der Waals surface area contributed by atoms with E-state index in [1.54, 1.807) is 0 Å². The molecular weight excluding hydrogens is 709 g/mol. The highest BCUT2D eigenvalue weighted by Crippen LogP contribution is 2.43. The predicted octanol–water partition coefficient (Wildman–Crippen LogP) is 10.6. The quantitative estimate of drug-likeness (QED) is 0.0235. The zero-order valence-corrected chi connectivity index (χ0v) is 34.4. The van der Waals surface area contributed by atoms with E-state index in [0.717, 1.165) is 57.8 Å². The van der Waals surface area contributed by atoms with Gasteiger partial charge in [-0.15, -0.1) is 0 Å². The number of phosphoric acid groups is 1. The smallest absolute Gasteiger partial charge is 0.472 e. The minimum Gasteiger partial charge on any atom is -0.480 e. The van der Waals surface area contributed by atoms with Gasteiger partial charge >= 0.3 is 25.7 Å². The highest BCUT2D eigenvalue weighted by molar-refractivity contribution is 7.47. The first kappa shape index (κ1) is 51.4. The van der Waals surface area contributed by atoms with Crippen molar-refractivity contribution in [3.8, 4) is 0 Å². The molecule has 0 aliphatic heterocycles. The average molecular weight is 784 g/mol. The molecule has 3 unspecified atom stereocenters. The van der Waals surface area contributed by atoms with Crippen molar-refractivity contribution in [1.82, 2.24) is 0 Å². The van der Waals surface area contributed by atoms with Crippen molar-refractivity contribution < 1.29 is 47.5 Å². The van der Waals surface area contributed by atoms with Crippen LogP contribution in [0.4, 0.5) is 0 Å². The number of phosphoric ester groups is 1. The van der Waals surface area contributed by atoms with Crippen molar-refractivity contribution in [3.63, 3.8) is 0 Å². The summed E-state index contributed by atoms with van der Waals surface area (Å²) in [4.78, 5) is 45.8. The third-order valence-corrected chi connectivity index (χ3v) is 9.54. The molecular formula is C42H74NO10P. The maximum Gasteiger partial charge on any atom is 0.472 e. The Labute approximate surface area is 326 Å². The van der Waals surface area contributed by atoms with Gasteiger partial charge in [0.15, 0.2) is 6.10 Å². The van der Waals surface area contributed by atoms with E-state index < -0.39 is 51.1 Å². The van der Waals surface area contributed by atoms with Crippen LogP contribution in [0.1, 0.15) is 168 Å². The fourth-order valence-electron chi connectivity index (χ4n) is 5.35. The van der Waals surface area contributed by atoms with Crippen LogP contribution in [0.25, 0.3) is 0 Å². The fourth-order valence-corrected chi connectivity index (χ4v) is 6.13. The lowest BCUT2D eigenvalue weighted by molar-refractivity contribution is -0.161. The van der Waals surface area contributed by atoms with Crippen LogP contribution in [0, 0.1) is 0 Å². The van der Waals surface area contributed by atoms with Crippen molar-refractivity contribution >= 4 is 25.7 Å². The number of allylic oxidation sites excluding steroid dienone is 8. The first-order chi connectivity index (χ1) is 26.1. The Morgan fingerprint density at radius 3 is 1.56 bits per heavy atom. The third-order valence-electron chi connectivity index (χ3n) is 8.59. The van der Waals surface area contributed by atoms with E-state index in [-0.39, 0.29) is 19.4 Å². The van der Waals surface area contributed by atoms with Crippen LogP contribution in [0.5, 0.6) is 0 Å². The molecule has 54 heavy (non-hydrogen) atoms. The SMILES string of the molecule is CC/C=C\C/C=C\C/C=C\C/C=C\CCCCC(=O)OC(COC(=O)CCCCCCCCCCCCCCCCC)COP(=O)(O)OCC(N)C(=O)O. The second kappa shape index (κ2) is 37.4. The van der Waals surface area contributed by atoms with Crippen molar-refractivity contribution in [2.75, 3.05) is 19.8 Å². The van der Waals surface area contributed by atoms with E-state index in [4.69, 9.17) is 24.8 Å². The number of carbonyl (C=O) groups excluding carboxylic acids is 2. The number of carbonyl (C=O) groups is 3. The zero-order chi connectivity index (χ0) is 40.0. The lowest BCUT2D eigenvalue weighted by Gasteiger charge is -2.20. The molecule has 0 saturated carbocycles. The number of rotatable bonds is 38. The topological polar surface area (TPSA) is 172 Å². The van der Waals surface area contributed by atoms with Crippen LogP contribution in [-0.2, 0) is 37.5 Å². The van der Waals surface area contributed by atoms with Gasteiger partial charge in [-0.25, -0.2) is 4.57 Å². The summed E-state index contributed by atoms with van der Waals surface area (Å²) >= 11 is 0. The molecule has 0 aliphatic carbocycles. The van der Waals surface area contributed by atoms with E-state index in [1.165, 1.54) is 70.6 Å². The molecule has 0 aliphatic rings. The average Bonchev–Trinajstić information content (AvgIpc) is 3.14. The van der Waals surface area contributed by atoms with Gasteiger partial charge in [0, 0.05) is 12.8 Å². The summed E-state index contributed by atoms with van der Waals surface area (Å²) in [5, 5.41) is 8.87. The number of hydrogen-bond donors (Lipinski definition) is 3. The molecule has 0 fully saturated rings. The first-order valence-corrected chi connectivity index (χ1v) is 22.2. The van der Waals surface area contributed by atoms with Crippen LogP contribution in [0.3, 0.4) is 0 Å². The van der Waals surface area contributed by atoms with Crippen LogP contribution >= 0.6 is 7.82 Å². The lowest BCUT2D eigenvalue weighted by Crippen LogP contribution is -2.34. The number of aliphatic carboxylic acids is 1. The summed E-state index contributed by atoms with van der Waals surface area (Å²) in [6.07, 6.45) is 40.4. The number of unbranched alkanes of at least 4 members (excludes halogenated alkanes) is 16. The molecule has 0 saturated heterocycles. The van der Waals surface area contributed by atoms with E-state index in [2.05, 4.69) is 67.0 Å². The first-order valence-electron chi connectivity index (χ1n) is 20.7. The van der Waals surface area contributed by atoms with Crippen LogP contribution in [0.15, 0.2) is 48.6 Å². The molecule has 0 rings (SSSR count). The molecule has 0 heterocycles. The predicted molar refractivity (Wildman–Crippen MR) is 217 cm³/mol. The highest BCUT2D eigenvalue weighted by Gasteiger charge is 2.28. The van der Waals surface area contributed by atoms with Gasteiger partial charge in [-0.3, -0.25) is 23.4 Å². The zero-order valence-electron chi connectivity index (χ0n) is 33.6. The highest BCUT2D eigenvalue weighted by atomic mass is 31.2. The van der Waals surface area contributed by atoms with Crippen molar-refractivity contribution in [2.45, 2.75) is 180 Å². The Hall–Kier alpha value is -2.56. The van der Waals surface area contributed by atoms with Gasteiger partial charge in [0.25, 0.3) is 0 Å². The molecule has 0 amide bonds. The second-order valence-electron chi connectivity index (χ2n) is 13.7. The second-order valence-corrected chi connectivity index (χ2v) is 15.2. The van der Waals surface area contributed by atoms with Crippen molar-refractivity contribution in [1.29, 1.82) is 0 Å².